The van der Waals surface area contributed by atoms with Gasteiger partial charge in [-0.05, 0) is 29.8 Å². The summed E-state index contributed by atoms with van der Waals surface area (Å²) in [7, 11) is 4.42. The van der Waals surface area contributed by atoms with Gasteiger partial charge in [0.1, 0.15) is 11.5 Å². The van der Waals surface area contributed by atoms with Gasteiger partial charge < -0.3 is 19.5 Å². The molecule has 0 heterocycles. The van der Waals surface area contributed by atoms with Crippen molar-refractivity contribution in [1.29, 1.82) is 0 Å². The molecule has 0 saturated heterocycles. The molecule has 2 rings (SSSR count). The van der Waals surface area contributed by atoms with Crippen molar-refractivity contribution in [2.24, 2.45) is 0 Å². The predicted octanol–water partition coefficient (Wildman–Crippen LogP) is 2.78. The minimum atomic E-state index is -0.470. The number of nitrogens with one attached hydrogen (secondary N) is 1. The molecule has 0 radical (unpaired) electrons. The zero-order valence-corrected chi connectivity index (χ0v) is 13.2. The van der Waals surface area contributed by atoms with Gasteiger partial charge in [-0.3, -0.25) is 4.79 Å². The number of hydrogen-bond donors (Lipinski definition) is 1. The van der Waals surface area contributed by atoms with Gasteiger partial charge in [0.05, 0.1) is 21.3 Å². The van der Waals surface area contributed by atoms with E-state index in [1.807, 2.05) is 0 Å². The Kier molecular flexibility index (Phi) is 5.41. The van der Waals surface area contributed by atoms with Crippen LogP contribution >= 0.6 is 0 Å². The van der Waals surface area contributed by atoms with Gasteiger partial charge in [0.2, 0.25) is 0 Å². The average Bonchev–Trinajstić information content (AvgIpc) is 2.59. The standard InChI is InChI=1S/C17H18FNO4/c1-21-13-7-12(8-14(9-13)22-2)17(20)19-10-11-4-5-16(23-3)15(18)6-11/h4-9H,10H2,1-3H3,(H,19,20). The molecule has 0 aliphatic rings. The summed E-state index contributed by atoms with van der Waals surface area (Å²) < 4.78 is 28.7. The van der Waals surface area contributed by atoms with Crippen LogP contribution in [0.3, 0.4) is 0 Å². The van der Waals surface area contributed by atoms with Crippen molar-refractivity contribution in [1.82, 2.24) is 5.32 Å². The first-order valence-electron chi connectivity index (χ1n) is 6.91. The lowest BCUT2D eigenvalue weighted by molar-refractivity contribution is 0.0950. The lowest BCUT2D eigenvalue weighted by Gasteiger charge is -2.10. The Morgan fingerprint density at radius 2 is 1.65 bits per heavy atom. The Morgan fingerprint density at radius 1 is 1.00 bits per heavy atom. The van der Waals surface area contributed by atoms with Crippen LogP contribution in [0.15, 0.2) is 36.4 Å². The highest BCUT2D eigenvalue weighted by Gasteiger charge is 2.10. The van der Waals surface area contributed by atoms with Crippen molar-refractivity contribution in [3.05, 3.63) is 53.3 Å². The highest BCUT2D eigenvalue weighted by Crippen LogP contribution is 2.22. The van der Waals surface area contributed by atoms with Gasteiger partial charge in [-0.25, -0.2) is 4.39 Å². The van der Waals surface area contributed by atoms with Crippen LogP contribution in [-0.2, 0) is 6.54 Å². The first-order valence-corrected chi connectivity index (χ1v) is 6.91. The number of halogens is 1. The number of amides is 1. The fourth-order valence-electron chi connectivity index (χ4n) is 2.04. The fraction of sp³-hybridized carbons (Fsp3) is 0.235. The van der Waals surface area contributed by atoms with E-state index in [9.17, 15) is 9.18 Å². The van der Waals surface area contributed by atoms with E-state index in [1.54, 1.807) is 24.3 Å². The molecule has 5 nitrogen and oxygen atoms in total. The van der Waals surface area contributed by atoms with Gasteiger partial charge in [0.25, 0.3) is 5.91 Å². The second-order valence-corrected chi connectivity index (χ2v) is 4.75. The highest BCUT2D eigenvalue weighted by molar-refractivity contribution is 5.95. The van der Waals surface area contributed by atoms with Crippen LogP contribution in [0.4, 0.5) is 4.39 Å². The topological polar surface area (TPSA) is 56.8 Å². The SMILES string of the molecule is COc1cc(OC)cc(C(=O)NCc2ccc(OC)c(F)c2)c1. The van der Waals surface area contributed by atoms with E-state index in [-0.39, 0.29) is 18.2 Å². The van der Waals surface area contributed by atoms with Gasteiger partial charge in [-0.2, -0.15) is 0 Å². The average molecular weight is 319 g/mol. The molecule has 0 saturated carbocycles. The van der Waals surface area contributed by atoms with E-state index in [0.29, 0.717) is 22.6 Å². The molecule has 2 aromatic rings. The molecule has 1 N–H and O–H groups in total. The molecule has 0 atom stereocenters. The van der Waals surface area contributed by atoms with Gasteiger partial charge in [0, 0.05) is 18.2 Å². The summed E-state index contributed by atoms with van der Waals surface area (Å²) in [5, 5.41) is 2.73. The van der Waals surface area contributed by atoms with E-state index >= 15 is 0 Å². The second-order valence-electron chi connectivity index (χ2n) is 4.75. The number of benzene rings is 2. The molecular formula is C17H18FNO4. The van der Waals surface area contributed by atoms with Gasteiger partial charge in [-0.15, -0.1) is 0 Å². The first kappa shape index (κ1) is 16.6. The summed E-state index contributed by atoms with van der Waals surface area (Å²) in [6.45, 7) is 0.194. The lowest BCUT2D eigenvalue weighted by Crippen LogP contribution is -2.23. The van der Waals surface area contributed by atoms with Crippen LogP contribution in [0.5, 0.6) is 17.2 Å². The van der Waals surface area contributed by atoms with E-state index in [0.717, 1.165) is 0 Å². The summed E-state index contributed by atoms with van der Waals surface area (Å²) >= 11 is 0. The Hall–Kier alpha value is -2.76. The zero-order valence-electron chi connectivity index (χ0n) is 13.2. The molecule has 2 aromatic carbocycles. The van der Waals surface area contributed by atoms with E-state index in [4.69, 9.17) is 14.2 Å². The zero-order chi connectivity index (χ0) is 16.8. The van der Waals surface area contributed by atoms with Crippen LogP contribution in [-0.4, -0.2) is 27.2 Å². The molecule has 0 aromatic heterocycles. The monoisotopic (exact) mass is 319 g/mol. The number of ether oxygens (including phenoxy) is 3. The highest BCUT2D eigenvalue weighted by atomic mass is 19.1. The molecule has 1 amide bonds. The summed E-state index contributed by atoms with van der Waals surface area (Å²) in [6, 6.07) is 9.42. The molecule has 6 heteroatoms. The van der Waals surface area contributed by atoms with E-state index in [1.165, 1.54) is 33.5 Å². The third-order valence-corrected chi connectivity index (χ3v) is 3.28. The van der Waals surface area contributed by atoms with Crippen molar-refractivity contribution in [3.63, 3.8) is 0 Å². The summed E-state index contributed by atoms with van der Waals surface area (Å²) in [4.78, 5) is 12.2. The molecular weight excluding hydrogens is 301 g/mol. The lowest BCUT2D eigenvalue weighted by atomic mass is 10.1. The van der Waals surface area contributed by atoms with Crippen molar-refractivity contribution >= 4 is 5.91 Å². The third-order valence-electron chi connectivity index (χ3n) is 3.28. The quantitative estimate of drug-likeness (QED) is 0.889. The van der Waals surface area contributed by atoms with Crippen molar-refractivity contribution in [2.75, 3.05) is 21.3 Å². The molecule has 0 fully saturated rings. The molecule has 0 bridgehead atoms. The Labute approximate surface area is 134 Å². The van der Waals surface area contributed by atoms with E-state index < -0.39 is 5.82 Å². The van der Waals surface area contributed by atoms with Crippen LogP contribution < -0.4 is 19.5 Å². The molecule has 0 aliphatic carbocycles. The normalized spacial score (nSPS) is 10.1. The summed E-state index contributed by atoms with van der Waals surface area (Å²) in [5.41, 5.74) is 1.03. The van der Waals surface area contributed by atoms with Crippen LogP contribution in [0.1, 0.15) is 15.9 Å². The van der Waals surface area contributed by atoms with Gasteiger partial charge >= 0.3 is 0 Å². The van der Waals surface area contributed by atoms with Crippen LogP contribution in [0, 0.1) is 5.82 Å². The Bertz CT molecular complexity index is 681. The third kappa shape index (κ3) is 4.12. The number of methoxy groups -OCH3 is 3. The number of carbonyl (C=O) groups excluding carboxylic acids is 1. The largest absolute Gasteiger partial charge is 0.497 e. The summed E-state index contributed by atoms with van der Waals surface area (Å²) in [6.07, 6.45) is 0. The van der Waals surface area contributed by atoms with Crippen LogP contribution in [0.25, 0.3) is 0 Å². The molecule has 0 spiro atoms. The Morgan fingerprint density at radius 3 is 2.17 bits per heavy atom. The van der Waals surface area contributed by atoms with Gasteiger partial charge in [-0.1, -0.05) is 6.07 Å². The van der Waals surface area contributed by atoms with Crippen molar-refractivity contribution in [3.8, 4) is 17.2 Å². The molecule has 0 aliphatic heterocycles. The predicted molar refractivity (Wildman–Crippen MR) is 83.7 cm³/mol. The van der Waals surface area contributed by atoms with E-state index in [2.05, 4.69) is 5.32 Å². The smallest absolute Gasteiger partial charge is 0.251 e. The second kappa shape index (κ2) is 7.49. The molecule has 23 heavy (non-hydrogen) atoms. The molecule has 122 valence electrons. The number of rotatable bonds is 6. The number of hydrogen-bond acceptors (Lipinski definition) is 4. The summed E-state index contributed by atoms with van der Waals surface area (Å²) in [5.74, 6) is 0.424. The maximum Gasteiger partial charge on any atom is 0.251 e. The van der Waals surface area contributed by atoms with Crippen molar-refractivity contribution < 1.29 is 23.4 Å². The first-order chi connectivity index (χ1) is 11.1. The Balaban J connectivity index is 2.09. The maximum absolute atomic E-state index is 13.6. The van der Waals surface area contributed by atoms with Gasteiger partial charge in [0.15, 0.2) is 11.6 Å². The number of carbonyl (C=O) groups is 1. The minimum absolute atomic E-state index is 0.164. The van der Waals surface area contributed by atoms with Crippen LogP contribution in [0.2, 0.25) is 0 Å². The molecule has 0 unspecified atom stereocenters. The maximum atomic E-state index is 13.6. The minimum Gasteiger partial charge on any atom is -0.497 e. The van der Waals surface area contributed by atoms with Crippen molar-refractivity contribution in [2.45, 2.75) is 6.54 Å². The fourth-order valence-corrected chi connectivity index (χ4v) is 2.04.